The van der Waals surface area contributed by atoms with Crippen molar-refractivity contribution in [2.75, 3.05) is 0 Å². The van der Waals surface area contributed by atoms with Crippen molar-refractivity contribution in [1.29, 1.82) is 0 Å². The van der Waals surface area contributed by atoms with Gasteiger partial charge in [-0.05, 0) is 19.9 Å². The van der Waals surface area contributed by atoms with Crippen LogP contribution in [0, 0.1) is 12.7 Å². The Morgan fingerprint density at radius 1 is 1.14 bits per heavy atom. The van der Waals surface area contributed by atoms with Gasteiger partial charge in [-0.15, -0.1) is 10.2 Å². The predicted octanol–water partition coefficient (Wildman–Crippen LogP) is 3.70. The summed E-state index contributed by atoms with van der Waals surface area (Å²) in [5.74, 6) is -1.87. The van der Waals surface area contributed by atoms with Gasteiger partial charge in [-0.1, -0.05) is 0 Å². The lowest BCUT2D eigenvalue weighted by atomic mass is 10.1. The van der Waals surface area contributed by atoms with Crippen LogP contribution >= 0.6 is 0 Å². The van der Waals surface area contributed by atoms with E-state index in [1.807, 2.05) is 0 Å². The standard InChI is InChI=1S/C16H13F6N5O2/c1-7-13(23-5-11-25-26-12(27(7)11)6-28-15(18)19)9-3-10(17)14(24-4-9)29-8(2)16(20,21)22/h3-5,8,15H,6H2,1-2H3/t8-/m0/s1. The second-order valence-electron chi connectivity index (χ2n) is 5.89. The molecule has 3 rings (SSSR count). The number of aromatic nitrogens is 5. The minimum absolute atomic E-state index is 0.0637. The number of hydrogen-bond acceptors (Lipinski definition) is 6. The van der Waals surface area contributed by atoms with Crippen molar-refractivity contribution >= 4 is 5.65 Å². The lowest BCUT2D eigenvalue weighted by molar-refractivity contribution is -0.190. The quantitative estimate of drug-likeness (QED) is 0.565. The maximum Gasteiger partial charge on any atom is 0.425 e. The highest BCUT2D eigenvalue weighted by molar-refractivity contribution is 5.63. The fraction of sp³-hybridized carbons (Fsp3) is 0.375. The molecule has 0 spiro atoms. The number of rotatable bonds is 6. The molecule has 0 radical (unpaired) electrons. The summed E-state index contributed by atoms with van der Waals surface area (Å²) in [6, 6.07) is 0.909. The lowest BCUT2D eigenvalue weighted by Gasteiger charge is -2.17. The van der Waals surface area contributed by atoms with Crippen LogP contribution in [-0.4, -0.2) is 43.5 Å². The van der Waals surface area contributed by atoms with E-state index in [1.165, 1.54) is 10.6 Å². The molecule has 0 fully saturated rings. The van der Waals surface area contributed by atoms with E-state index in [0.717, 1.165) is 19.2 Å². The van der Waals surface area contributed by atoms with E-state index in [1.54, 1.807) is 6.92 Å². The highest BCUT2D eigenvalue weighted by atomic mass is 19.4. The van der Waals surface area contributed by atoms with E-state index in [0.29, 0.717) is 5.69 Å². The summed E-state index contributed by atoms with van der Waals surface area (Å²) in [5.41, 5.74) is 0.922. The summed E-state index contributed by atoms with van der Waals surface area (Å²) in [6.45, 7) is -1.26. The number of hydrogen-bond donors (Lipinski definition) is 0. The Bertz CT molecular complexity index is 1020. The van der Waals surface area contributed by atoms with Crippen molar-refractivity contribution in [1.82, 2.24) is 24.6 Å². The van der Waals surface area contributed by atoms with Crippen molar-refractivity contribution in [3.8, 4) is 17.1 Å². The molecule has 0 bridgehead atoms. The summed E-state index contributed by atoms with van der Waals surface area (Å²) in [7, 11) is 0. The molecule has 0 aliphatic rings. The van der Waals surface area contributed by atoms with Crippen LogP contribution in [-0.2, 0) is 11.3 Å². The summed E-state index contributed by atoms with van der Waals surface area (Å²) in [4.78, 5) is 7.71. The molecule has 3 aromatic rings. The Kier molecular flexibility index (Phi) is 5.59. The van der Waals surface area contributed by atoms with Gasteiger partial charge >= 0.3 is 12.8 Å². The van der Waals surface area contributed by atoms with Gasteiger partial charge in [0.15, 0.2) is 23.4 Å². The Balaban J connectivity index is 1.95. The minimum Gasteiger partial charge on any atom is -0.463 e. The molecule has 0 amide bonds. The number of halogens is 6. The Labute approximate surface area is 159 Å². The van der Waals surface area contributed by atoms with E-state index < -0.39 is 37.2 Å². The molecule has 0 aromatic carbocycles. The molecule has 0 N–H and O–H groups in total. The van der Waals surface area contributed by atoms with Crippen LogP contribution in [0.5, 0.6) is 5.88 Å². The minimum atomic E-state index is -4.68. The Hall–Kier alpha value is -2.96. The molecule has 0 aliphatic carbocycles. The van der Waals surface area contributed by atoms with Crippen LogP contribution in [0.4, 0.5) is 26.3 Å². The average molecular weight is 421 g/mol. The van der Waals surface area contributed by atoms with E-state index in [9.17, 15) is 26.3 Å². The maximum absolute atomic E-state index is 14.2. The zero-order valence-corrected chi connectivity index (χ0v) is 14.9. The zero-order chi connectivity index (χ0) is 21.3. The second kappa shape index (κ2) is 7.81. The molecule has 7 nitrogen and oxygen atoms in total. The van der Waals surface area contributed by atoms with Gasteiger partial charge in [0.25, 0.3) is 5.88 Å². The first-order valence-corrected chi connectivity index (χ1v) is 8.06. The van der Waals surface area contributed by atoms with Gasteiger partial charge in [-0.3, -0.25) is 9.38 Å². The topological polar surface area (TPSA) is 74.4 Å². The second-order valence-corrected chi connectivity index (χ2v) is 5.89. The molecular weight excluding hydrogens is 408 g/mol. The summed E-state index contributed by atoms with van der Waals surface area (Å²) < 4.78 is 86.7. The molecule has 3 aromatic heterocycles. The number of alkyl halides is 5. The van der Waals surface area contributed by atoms with Crippen molar-refractivity contribution in [2.45, 2.75) is 39.3 Å². The molecule has 0 saturated heterocycles. The summed E-state index contributed by atoms with van der Waals surface area (Å²) >= 11 is 0. The first kappa shape index (κ1) is 20.8. The highest BCUT2D eigenvalue weighted by Gasteiger charge is 2.38. The van der Waals surface area contributed by atoms with E-state index >= 15 is 0 Å². The number of fused-ring (bicyclic) bond motifs is 1. The van der Waals surface area contributed by atoms with Crippen LogP contribution < -0.4 is 4.74 Å². The van der Waals surface area contributed by atoms with Crippen LogP contribution in [0.3, 0.4) is 0 Å². The largest absolute Gasteiger partial charge is 0.463 e. The monoisotopic (exact) mass is 421 g/mol. The van der Waals surface area contributed by atoms with Gasteiger partial charge in [0.05, 0.1) is 11.9 Å². The molecule has 29 heavy (non-hydrogen) atoms. The third kappa shape index (κ3) is 4.39. The maximum atomic E-state index is 14.2. The normalized spacial score (nSPS) is 13.3. The summed E-state index contributed by atoms with van der Waals surface area (Å²) in [6.07, 6.45) is -4.57. The first-order valence-electron chi connectivity index (χ1n) is 8.06. The Morgan fingerprint density at radius 3 is 2.48 bits per heavy atom. The number of aryl methyl sites for hydroxylation is 1. The van der Waals surface area contributed by atoms with E-state index in [4.69, 9.17) is 0 Å². The number of nitrogens with zero attached hydrogens (tertiary/aromatic N) is 5. The van der Waals surface area contributed by atoms with Gasteiger partial charge in [-0.2, -0.15) is 22.0 Å². The zero-order valence-electron chi connectivity index (χ0n) is 14.9. The van der Waals surface area contributed by atoms with Crippen LogP contribution in [0.2, 0.25) is 0 Å². The van der Waals surface area contributed by atoms with Crippen LogP contribution in [0.25, 0.3) is 16.9 Å². The number of pyridine rings is 1. The van der Waals surface area contributed by atoms with Gasteiger partial charge in [0, 0.05) is 17.5 Å². The molecule has 13 heteroatoms. The van der Waals surface area contributed by atoms with E-state index in [2.05, 4.69) is 29.6 Å². The molecule has 0 unspecified atom stereocenters. The molecule has 3 heterocycles. The summed E-state index contributed by atoms with van der Waals surface area (Å²) in [5, 5.41) is 7.54. The molecule has 0 saturated carbocycles. The lowest BCUT2D eigenvalue weighted by Crippen LogP contribution is -2.31. The van der Waals surface area contributed by atoms with Gasteiger partial charge < -0.3 is 9.47 Å². The van der Waals surface area contributed by atoms with Crippen LogP contribution in [0.15, 0.2) is 18.5 Å². The third-order valence-electron chi connectivity index (χ3n) is 3.91. The molecule has 0 aliphatic heterocycles. The first-order chi connectivity index (χ1) is 13.6. The molecule has 156 valence electrons. The van der Waals surface area contributed by atoms with Crippen molar-refractivity contribution < 1.29 is 35.8 Å². The van der Waals surface area contributed by atoms with Crippen molar-refractivity contribution in [3.63, 3.8) is 0 Å². The predicted molar refractivity (Wildman–Crippen MR) is 85.6 cm³/mol. The fourth-order valence-electron chi connectivity index (χ4n) is 2.49. The fourth-order valence-corrected chi connectivity index (χ4v) is 2.49. The number of ether oxygens (including phenoxy) is 2. The van der Waals surface area contributed by atoms with Gasteiger partial charge in [-0.25, -0.2) is 9.37 Å². The van der Waals surface area contributed by atoms with E-state index in [-0.39, 0.29) is 22.7 Å². The van der Waals surface area contributed by atoms with Crippen molar-refractivity contribution in [3.05, 3.63) is 35.8 Å². The Morgan fingerprint density at radius 2 is 1.86 bits per heavy atom. The SMILES string of the molecule is Cc1c(-c2cnc(O[C@@H](C)C(F)(F)F)c(F)c2)ncc2nnc(COC(F)F)n12. The van der Waals surface area contributed by atoms with Gasteiger partial charge in [0.1, 0.15) is 6.61 Å². The highest BCUT2D eigenvalue weighted by Crippen LogP contribution is 2.28. The third-order valence-corrected chi connectivity index (χ3v) is 3.91. The average Bonchev–Trinajstić information content (AvgIpc) is 3.05. The van der Waals surface area contributed by atoms with Gasteiger partial charge in [0.2, 0.25) is 0 Å². The smallest absolute Gasteiger partial charge is 0.425 e. The molecular formula is C16H13F6N5O2. The molecule has 1 atom stereocenters. The van der Waals surface area contributed by atoms with Crippen molar-refractivity contribution in [2.24, 2.45) is 0 Å². The van der Waals surface area contributed by atoms with Crippen LogP contribution in [0.1, 0.15) is 18.4 Å².